The molecule has 0 saturated heterocycles. The summed E-state index contributed by atoms with van der Waals surface area (Å²) in [5.74, 6) is -1.88. The van der Waals surface area contributed by atoms with E-state index in [9.17, 15) is 9.59 Å². The lowest BCUT2D eigenvalue weighted by atomic mass is 10.0. The maximum absolute atomic E-state index is 12.0. The van der Waals surface area contributed by atoms with Crippen molar-refractivity contribution < 1.29 is 19.1 Å². The van der Waals surface area contributed by atoms with Crippen LogP contribution in [0.15, 0.2) is 36.4 Å². The summed E-state index contributed by atoms with van der Waals surface area (Å²) >= 11 is 0. The van der Waals surface area contributed by atoms with Gasteiger partial charge in [0, 0.05) is 0 Å². The third-order valence-electron chi connectivity index (χ3n) is 4.58. The molecule has 4 heteroatoms. The van der Waals surface area contributed by atoms with Gasteiger partial charge in [-0.15, -0.1) is 0 Å². The summed E-state index contributed by atoms with van der Waals surface area (Å²) in [5.41, 5.74) is 2.30. The highest BCUT2D eigenvalue weighted by atomic mass is 16.6. The molecule has 4 nitrogen and oxygen atoms in total. The fourth-order valence-corrected chi connectivity index (χ4v) is 3.00. The molecule has 1 aromatic carbocycles. The van der Waals surface area contributed by atoms with Crippen molar-refractivity contribution in [2.24, 2.45) is 5.92 Å². The summed E-state index contributed by atoms with van der Waals surface area (Å²) in [5, 5.41) is 0. The Bertz CT molecular complexity index is 643. The second kappa shape index (κ2) is 15.5. The Morgan fingerprint density at radius 3 is 1.90 bits per heavy atom. The highest BCUT2D eigenvalue weighted by Crippen LogP contribution is 2.17. The second-order valence-electron chi connectivity index (χ2n) is 6.92. The van der Waals surface area contributed by atoms with E-state index in [0.29, 0.717) is 12.8 Å². The predicted molar refractivity (Wildman–Crippen MR) is 119 cm³/mol. The molecule has 29 heavy (non-hydrogen) atoms. The number of benzene rings is 1. The topological polar surface area (TPSA) is 52.6 Å². The SMILES string of the molecule is CCCCCC/C=C\c1ccccc1/C=C\CCC(C(=O)OCC)C(=O)OCC. The molecule has 0 radical (unpaired) electrons. The number of esters is 2. The molecule has 1 rings (SSSR count). The van der Waals surface area contributed by atoms with Gasteiger partial charge in [0.25, 0.3) is 0 Å². The third-order valence-corrected chi connectivity index (χ3v) is 4.58. The Morgan fingerprint density at radius 2 is 1.38 bits per heavy atom. The number of carbonyl (C=O) groups is 2. The summed E-state index contributed by atoms with van der Waals surface area (Å²) in [4.78, 5) is 24.1. The molecule has 0 atom stereocenters. The molecule has 0 saturated carbocycles. The fourth-order valence-electron chi connectivity index (χ4n) is 3.00. The van der Waals surface area contributed by atoms with Gasteiger partial charge in [-0.1, -0.05) is 74.8 Å². The molecule has 0 aromatic heterocycles. The molecule has 0 amide bonds. The molecule has 1 aromatic rings. The monoisotopic (exact) mass is 400 g/mol. The zero-order valence-corrected chi connectivity index (χ0v) is 18.2. The first kappa shape index (κ1) is 24.7. The highest BCUT2D eigenvalue weighted by molar-refractivity contribution is 5.94. The van der Waals surface area contributed by atoms with Crippen LogP contribution < -0.4 is 0 Å². The number of hydrogen-bond acceptors (Lipinski definition) is 4. The summed E-state index contributed by atoms with van der Waals surface area (Å²) in [6.45, 7) is 6.19. The van der Waals surface area contributed by atoms with Crippen molar-refractivity contribution in [2.45, 2.75) is 65.7 Å². The van der Waals surface area contributed by atoms with Gasteiger partial charge in [-0.25, -0.2) is 0 Å². The summed E-state index contributed by atoms with van der Waals surface area (Å²) in [6, 6.07) is 8.22. The largest absolute Gasteiger partial charge is 0.465 e. The smallest absolute Gasteiger partial charge is 0.320 e. The van der Waals surface area contributed by atoms with Crippen molar-refractivity contribution in [3.63, 3.8) is 0 Å². The predicted octanol–water partition coefficient (Wildman–Crippen LogP) is 6.21. The quantitative estimate of drug-likeness (QED) is 0.212. The first-order valence-corrected chi connectivity index (χ1v) is 10.9. The van der Waals surface area contributed by atoms with Gasteiger partial charge in [0.1, 0.15) is 0 Å². The van der Waals surface area contributed by atoms with Crippen molar-refractivity contribution in [2.75, 3.05) is 13.2 Å². The Kier molecular flexibility index (Phi) is 13.2. The van der Waals surface area contributed by atoms with Crippen molar-refractivity contribution in [1.82, 2.24) is 0 Å². The average molecular weight is 401 g/mol. The molecule has 0 spiro atoms. The Labute approximate surface area is 176 Å². The molecule has 0 aliphatic rings. The van der Waals surface area contributed by atoms with Crippen LogP contribution in [-0.4, -0.2) is 25.2 Å². The van der Waals surface area contributed by atoms with Crippen LogP contribution in [0.25, 0.3) is 12.2 Å². The van der Waals surface area contributed by atoms with E-state index in [1.54, 1.807) is 13.8 Å². The number of carbonyl (C=O) groups excluding carboxylic acids is 2. The van der Waals surface area contributed by atoms with E-state index in [-0.39, 0.29) is 13.2 Å². The normalized spacial score (nSPS) is 11.4. The molecule has 0 fully saturated rings. The number of ether oxygens (including phenoxy) is 2. The van der Waals surface area contributed by atoms with Gasteiger partial charge in [0.2, 0.25) is 0 Å². The Hall–Kier alpha value is -2.36. The van der Waals surface area contributed by atoms with Crippen LogP contribution >= 0.6 is 0 Å². The van der Waals surface area contributed by atoms with E-state index in [0.717, 1.165) is 12.0 Å². The molecular weight excluding hydrogens is 364 g/mol. The molecule has 0 heterocycles. The number of allylic oxidation sites excluding steroid dienone is 2. The van der Waals surface area contributed by atoms with Gasteiger partial charge in [-0.2, -0.15) is 0 Å². The van der Waals surface area contributed by atoms with E-state index >= 15 is 0 Å². The van der Waals surface area contributed by atoms with E-state index < -0.39 is 17.9 Å². The Balaban J connectivity index is 2.64. The number of unbranched alkanes of at least 4 members (excludes halogenated alkanes) is 4. The number of hydrogen-bond donors (Lipinski definition) is 0. The zero-order chi connectivity index (χ0) is 21.3. The van der Waals surface area contributed by atoms with Crippen LogP contribution in [0.4, 0.5) is 0 Å². The second-order valence-corrected chi connectivity index (χ2v) is 6.92. The minimum absolute atomic E-state index is 0.253. The molecule has 160 valence electrons. The molecule has 0 N–H and O–H groups in total. The summed E-state index contributed by atoms with van der Waals surface area (Å²) < 4.78 is 10.0. The molecule has 0 aliphatic heterocycles. The minimum Gasteiger partial charge on any atom is -0.465 e. The van der Waals surface area contributed by atoms with Gasteiger partial charge in [0.15, 0.2) is 5.92 Å². The van der Waals surface area contributed by atoms with Gasteiger partial charge >= 0.3 is 11.9 Å². The third kappa shape index (κ3) is 10.1. The van der Waals surface area contributed by atoms with Crippen LogP contribution in [0.2, 0.25) is 0 Å². The number of rotatable bonds is 14. The van der Waals surface area contributed by atoms with Crippen molar-refractivity contribution in [3.8, 4) is 0 Å². The van der Waals surface area contributed by atoms with Crippen molar-refractivity contribution in [3.05, 3.63) is 47.5 Å². The fraction of sp³-hybridized carbons (Fsp3) is 0.520. The average Bonchev–Trinajstić information content (AvgIpc) is 2.71. The maximum atomic E-state index is 12.0. The van der Waals surface area contributed by atoms with E-state index in [1.165, 1.54) is 31.2 Å². The standard InChI is InChI=1S/C25H36O4/c1-4-7-8-9-10-11-16-21-17-12-13-18-22(21)19-14-15-20-23(24(26)28-5-2)25(27)29-6-3/h11-14,16-19,23H,4-10,15,20H2,1-3H3/b16-11-,19-14-. The first-order valence-electron chi connectivity index (χ1n) is 10.9. The zero-order valence-electron chi connectivity index (χ0n) is 18.2. The van der Waals surface area contributed by atoms with Crippen LogP contribution in [0.3, 0.4) is 0 Å². The van der Waals surface area contributed by atoms with Crippen LogP contribution in [0, 0.1) is 5.92 Å². The molecule has 0 bridgehead atoms. The van der Waals surface area contributed by atoms with Crippen molar-refractivity contribution in [1.29, 1.82) is 0 Å². The highest BCUT2D eigenvalue weighted by Gasteiger charge is 2.28. The van der Waals surface area contributed by atoms with Crippen molar-refractivity contribution >= 4 is 24.1 Å². The minimum atomic E-state index is -0.863. The lowest BCUT2D eigenvalue weighted by Gasteiger charge is -2.13. The lowest BCUT2D eigenvalue weighted by Crippen LogP contribution is -2.28. The molecular formula is C25H36O4. The van der Waals surface area contributed by atoms with E-state index in [1.807, 2.05) is 24.3 Å². The first-order chi connectivity index (χ1) is 14.1. The summed E-state index contributed by atoms with van der Waals surface area (Å²) in [7, 11) is 0. The lowest BCUT2D eigenvalue weighted by molar-refractivity contribution is -0.161. The van der Waals surface area contributed by atoms with Gasteiger partial charge in [0.05, 0.1) is 13.2 Å². The van der Waals surface area contributed by atoms with E-state index in [4.69, 9.17) is 9.47 Å². The van der Waals surface area contributed by atoms with Crippen LogP contribution in [0.1, 0.15) is 76.8 Å². The van der Waals surface area contributed by atoms with Gasteiger partial charge in [-0.3, -0.25) is 9.59 Å². The van der Waals surface area contributed by atoms with E-state index in [2.05, 4.69) is 31.2 Å². The summed E-state index contributed by atoms with van der Waals surface area (Å²) in [6.07, 6.45) is 15.6. The Morgan fingerprint density at radius 1 is 0.828 bits per heavy atom. The van der Waals surface area contributed by atoms with Crippen LogP contribution in [-0.2, 0) is 19.1 Å². The van der Waals surface area contributed by atoms with Gasteiger partial charge < -0.3 is 9.47 Å². The molecule has 0 unspecified atom stereocenters. The van der Waals surface area contributed by atoms with Crippen LogP contribution in [0.5, 0.6) is 0 Å². The maximum Gasteiger partial charge on any atom is 0.320 e. The van der Waals surface area contributed by atoms with Gasteiger partial charge in [-0.05, 0) is 50.7 Å². The molecule has 0 aliphatic carbocycles.